The number of fused-ring (bicyclic) bond motifs is 1. The van der Waals surface area contributed by atoms with Crippen molar-refractivity contribution in [3.05, 3.63) is 52.6 Å². The maximum Gasteiger partial charge on any atom is 0.335 e. The third-order valence-electron chi connectivity index (χ3n) is 2.76. The lowest BCUT2D eigenvalue weighted by molar-refractivity contribution is 0.0697. The maximum atomic E-state index is 10.8. The van der Waals surface area contributed by atoms with Crippen molar-refractivity contribution in [2.45, 2.75) is 0 Å². The van der Waals surface area contributed by atoms with E-state index in [9.17, 15) is 4.79 Å². The fraction of sp³-hybridized carbons (Fsp3) is 0. The van der Waals surface area contributed by atoms with E-state index in [1.165, 1.54) is 0 Å². The normalized spacial score (nSPS) is 10.8. The standard InChI is InChI=1S/C13H8BrN3O2/c14-10-5-6-17-11(7-10)15-16-12(17)8-1-3-9(4-2-8)13(18)19/h1-7H,(H,18,19). The first-order valence-corrected chi connectivity index (χ1v) is 6.28. The first kappa shape index (κ1) is 11.9. The quantitative estimate of drug-likeness (QED) is 0.789. The second-order valence-electron chi connectivity index (χ2n) is 3.98. The van der Waals surface area contributed by atoms with Gasteiger partial charge in [-0.1, -0.05) is 28.1 Å². The van der Waals surface area contributed by atoms with Crippen LogP contribution in [-0.2, 0) is 0 Å². The van der Waals surface area contributed by atoms with Gasteiger partial charge in [0, 0.05) is 16.2 Å². The molecule has 0 aliphatic heterocycles. The molecule has 1 N–H and O–H groups in total. The summed E-state index contributed by atoms with van der Waals surface area (Å²) >= 11 is 3.38. The van der Waals surface area contributed by atoms with Gasteiger partial charge in [-0.3, -0.25) is 4.40 Å². The van der Waals surface area contributed by atoms with Crippen molar-refractivity contribution in [1.82, 2.24) is 14.6 Å². The van der Waals surface area contributed by atoms with Gasteiger partial charge in [0.2, 0.25) is 0 Å². The van der Waals surface area contributed by atoms with Crippen LogP contribution >= 0.6 is 15.9 Å². The van der Waals surface area contributed by atoms with Crippen LogP contribution < -0.4 is 0 Å². The number of carbonyl (C=O) groups is 1. The van der Waals surface area contributed by atoms with E-state index in [0.29, 0.717) is 5.82 Å². The molecule has 0 amide bonds. The van der Waals surface area contributed by atoms with E-state index in [0.717, 1.165) is 15.7 Å². The third-order valence-corrected chi connectivity index (χ3v) is 3.26. The van der Waals surface area contributed by atoms with E-state index in [-0.39, 0.29) is 5.56 Å². The first-order valence-electron chi connectivity index (χ1n) is 5.49. The van der Waals surface area contributed by atoms with Gasteiger partial charge >= 0.3 is 5.97 Å². The molecule has 0 bridgehead atoms. The zero-order chi connectivity index (χ0) is 13.4. The monoisotopic (exact) mass is 317 g/mol. The van der Waals surface area contributed by atoms with E-state index < -0.39 is 5.97 Å². The zero-order valence-electron chi connectivity index (χ0n) is 9.62. The van der Waals surface area contributed by atoms with Gasteiger partial charge in [-0.05, 0) is 24.3 Å². The Labute approximate surface area is 116 Å². The minimum Gasteiger partial charge on any atom is -0.478 e. The Kier molecular flexibility index (Phi) is 2.79. The molecule has 94 valence electrons. The van der Waals surface area contributed by atoms with Gasteiger partial charge in [0.05, 0.1) is 5.56 Å². The number of hydrogen-bond acceptors (Lipinski definition) is 3. The highest BCUT2D eigenvalue weighted by atomic mass is 79.9. The Hall–Kier alpha value is -2.21. The number of pyridine rings is 1. The minimum atomic E-state index is -0.943. The molecule has 19 heavy (non-hydrogen) atoms. The lowest BCUT2D eigenvalue weighted by Crippen LogP contribution is -1.96. The summed E-state index contributed by atoms with van der Waals surface area (Å²) in [6.07, 6.45) is 1.86. The molecule has 0 saturated carbocycles. The van der Waals surface area contributed by atoms with Crippen LogP contribution in [0.5, 0.6) is 0 Å². The molecule has 0 aliphatic rings. The van der Waals surface area contributed by atoms with Crippen molar-refractivity contribution in [2.24, 2.45) is 0 Å². The second kappa shape index (κ2) is 4.47. The van der Waals surface area contributed by atoms with E-state index in [4.69, 9.17) is 5.11 Å². The van der Waals surface area contributed by atoms with Crippen LogP contribution in [0, 0.1) is 0 Å². The van der Waals surface area contributed by atoms with Crippen molar-refractivity contribution in [1.29, 1.82) is 0 Å². The molecule has 0 unspecified atom stereocenters. The van der Waals surface area contributed by atoms with Crippen LogP contribution in [-0.4, -0.2) is 25.7 Å². The van der Waals surface area contributed by atoms with Gasteiger partial charge in [0.15, 0.2) is 11.5 Å². The van der Waals surface area contributed by atoms with Gasteiger partial charge in [0.25, 0.3) is 0 Å². The molecule has 1 aromatic carbocycles. The predicted molar refractivity (Wildman–Crippen MR) is 73.1 cm³/mol. The molecule has 3 aromatic rings. The Morgan fingerprint density at radius 3 is 2.58 bits per heavy atom. The summed E-state index contributed by atoms with van der Waals surface area (Å²) in [7, 11) is 0. The topological polar surface area (TPSA) is 67.5 Å². The minimum absolute atomic E-state index is 0.250. The number of rotatable bonds is 2. The van der Waals surface area contributed by atoms with Crippen LogP contribution in [0.4, 0.5) is 0 Å². The van der Waals surface area contributed by atoms with Gasteiger partial charge in [-0.25, -0.2) is 4.79 Å². The second-order valence-corrected chi connectivity index (χ2v) is 4.89. The van der Waals surface area contributed by atoms with Crippen LogP contribution in [0.2, 0.25) is 0 Å². The highest BCUT2D eigenvalue weighted by Crippen LogP contribution is 2.20. The summed E-state index contributed by atoms with van der Waals surface area (Å²) < 4.78 is 2.78. The molecular weight excluding hydrogens is 310 g/mol. The van der Waals surface area contributed by atoms with Gasteiger partial charge < -0.3 is 5.11 Å². The largest absolute Gasteiger partial charge is 0.478 e. The SMILES string of the molecule is O=C(O)c1ccc(-c2nnc3cc(Br)ccn23)cc1. The number of carboxylic acids is 1. The molecule has 0 radical (unpaired) electrons. The molecule has 0 atom stereocenters. The van der Waals surface area contributed by atoms with E-state index in [1.54, 1.807) is 24.3 Å². The highest BCUT2D eigenvalue weighted by Gasteiger charge is 2.09. The molecule has 0 saturated heterocycles. The Bertz CT molecular complexity index is 765. The Morgan fingerprint density at radius 1 is 1.16 bits per heavy atom. The summed E-state index contributed by atoms with van der Waals surface area (Å²) in [5, 5.41) is 17.1. The Morgan fingerprint density at radius 2 is 1.89 bits per heavy atom. The fourth-order valence-electron chi connectivity index (χ4n) is 1.82. The summed E-state index contributed by atoms with van der Waals surface area (Å²) in [4.78, 5) is 10.8. The lowest BCUT2D eigenvalue weighted by Gasteiger charge is -2.01. The molecule has 0 spiro atoms. The predicted octanol–water partition coefficient (Wildman–Crippen LogP) is 2.86. The van der Waals surface area contributed by atoms with E-state index in [1.807, 2.05) is 22.7 Å². The molecular formula is C13H8BrN3O2. The molecule has 2 aromatic heterocycles. The molecule has 2 heterocycles. The summed E-state index contributed by atoms with van der Waals surface area (Å²) in [6.45, 7) is 0. The van der Waals surface area contributed by atoms with Crippen molar-refractivity contribution >= 4 is 27.5 Å². The fourth-order valence-corrected chi connectivity index (χ4v) is 2.15. The number of hydrogen-bond donors (Lipinski definition) is 1. The summed E-state index contributed by atoms with van der Waals surface area (Å²) in [5.74, 6) is -0.263. The van der Waals surface area contributed by atoms with Crippen molar-refractivity contribution in [3.63, 3.8) is 0 Å². The first-order chi connectivity index (χ1) is 9.15. The number of carboxylic acid groups (broad SMARTS) is 1. The average Bonchev–Trinajstić information content (AvgIpc) is 2.81. The van der Waals surface area contributed by atoms with Crippen molar-refractivity contribution in [2.75, 3.05) is 0 Å². The zero-order valence-corrected chi connectivity index (χ0v) is 11.2. The van der Waals surface area contributed by atoms with Gasteiger partial charge in [-0.15, -0.1) is 10.2 Å². The van der Waals surface area contributed by atoms with Crippen LogP contribution in [0.3, 0.4) is 0 Å². The summed E-state index contributed by atoms with van der Waals surface area (Å²) in [5.41, 5.74) is 1.80. The van der Waals surface area contributed by atoms with Crippen molar-refractivity contribution in [3.8, 4) is 11.4 Å². The van der Waals surface area contributed by atoms with Gasteiger partial charge in [-0.2, -0.15) is 0 Å². The number of aromatic carboxylic acids is 1. The van der Waals surface area contributed by atoms with Gasteiger partial charge in [0.1, 0.15) is 0 Å². The van der Waals surface area contributed by atoms with Crippen LogP contribution in [0.15, 0.2) is 47.1 Å². The molecule has 0 aliphatic carbocycles. The molecule has 3 rings (SSSR count). The molecule has 5 nitrogen and oxygen atoms in total. The number of halogens is 1. The van der Waals surface area contributed by atoms with Crippen molar-refractivity contribution < 1.29 is 9.90 Å². The van der Waals surface area contributed by atoms with Crippen LogP contribution in [0.25, 0.3) is 17.0 Å². The van der Waals surface area contributed by atoms with Crippen LogP contribution in [0.1, 0.15) is 10.4 Å². The smallest absolute Gasteiger partial charge is 0.335 e. The lowest BCUT2D eigenvalue weighted by atomic mass is 10.1. The maximum absolute atomic E-state index is 10.8. The number of nitrogens with zero attached hydrogens (tertiary/aromatic N) is 3. The molecule has 0 fully saturated rings. The third kappa shape index (κ3) is 2.10. The molecule has 6 heteroatoms. The average molecular weight is 318 g/mol. The van der Waals surface area contributed by atoms with E-state index >= 15 is 0 Å². The number of benzene rings is 1. The Balaban J connectivity index is 2.11. The summed E-state index contributed by atoms with van der Waals surface area (Å²) in [6, 6.07) is 10.3. The highest BCUT2D eigenvalue weighted by molar-refractivity contribution is 9.10. The number of aromatic nitrogens is 3. The van der Waals surface area contributed by atoms with E-state index in [2.05, 4.69) is 26.1 Å².